The van der Waals surface area contributed by atoms with Gasteiger partial charge in [-0.3, -0.25) is 4.79 Å². The molecule has 1 aliphatic heterocycles. The fourth-order valence-electron chi connectivity index (χ4n) is 3.38. The van der Waals surface area contributed by atoms with Crippen LogP contribution in [0, 0.1) is 5.41 Å². The van der Waals surface area contributed by atoms with E-state index in [1.165, 1.54) is 23.9 Å². The first kappa shape index (κ1) is 17.6. The zero-order chi connectivity index (χ0) is 17.2. The van der Waals surface area contributed by atoms with Crippen molar-refractivity contribution in [1.29, 1.82) is 0 Å². The Hall–Kier alpha value is -1.75. The van der Waals surface area contributed by atoms with Crippen LogP contribution in [0.2, 0.25) is 0 Å². The summed E-state index contributed by atoms with van der Waals surface area (Å²) in [5, 5.41) is 0.172. The molecule has 1 heterocycles. The third kappa shape index (κ3) is 3.29. The van der Waals surface area contributed by atoms with Crippen LogP contribution in [0.4, 0.5) is 0 Å². The van der Waals surface area contributed by atoms with Gasteiger partial charge < -0.3 is 15.5 Å². The van der Waals surface area contributed by atoms with Gasteiger partial charge in [-0.25, -0.2) is 4.99 Å². The maximum atomic E-state index is 12.9. The Balaban J connectivity index is 2.60. The number of rotatable bonds is 3. The molecule has 0 aromatic carbocycles. The number of hydrogen-bond donors (Lipinski definition) is 1. The molecule has 1 unspecified atom stereocenters. The molecular formula is C17H25ClN4O. The van der Waals surface area contributed by atoms with Gasteiger partial charge in [0.05, 0.1) is 5.41 Å². The highest BCUT2D eigenvalue weighted by Gasteiger charge is 2.43. The average Bonchev–Trinajstić information content (AvgIpc) is 3.02. The lowest BCUT2D eigenvalue weighted by molar-refractivity contribution is -0.135. The number of halogens is 1. The highest BCUT2D eigenvalue weighted by atomic mass is 35.5. The van der Waals surface area contributed by atoms with Crippen LogP contribution in [0.3, 0.4) is 0 Å². The molecule has 0 radical (unpaired) electrons. The van der Waals surface area contributed by atoms with Gasteiger partial charge in [-0.05, 0) is 19.8 Å². The van der Waals surface area contributed by atoms with Gasteiger partial charge >= 0.3 is 0 Å². The molecule has 0 bridgehead atoms. The number of amides is 1. The average molecular weight is 337 g/mol. The molecule has 1 saturated carbocycles. The van der Waals surface area contributed by atoms with Gasteiger partial charge in [-0.15, -0.1) is 6.58 Å². The lowest BCUT2D eigenvalue weighted by atomic mass is 9.88. The van der Waals surface area contributed by atoms with E-state index < -0.39 is 5.41 Å². The maximum Gasteiger partial charge on any atom is 0.238 e. The standard InChI is InChI=1S/C17H25ClN4O/c1-5-17(3)11-22(13-8-6-7-9-13)15(20-12(2)18)14(10-19)21(4)16(17)23/h5,10,13H,1-2,6-9,11,19H2,3-4H3/b14-10+,20-15+. The topological polar surface area (TPSA) is 61.9 Å². The summed E-state index contributed by atoms with van der Waals surface area (Å²) in [6.45, 7) is 9.94. The number of likely N-dealkylation sites (N-methyl/N-ethyl adjacent to an activating group) is 1. The summed E-state index contributed by atoms with van der Waals surface area (Å²) < 4.78 is 0. The highest BCUT2D eigenvalue weighted by Crippen LogP contribution is 2.34. The molecule has 1 amide bonds. The molecule has 2 rings (SSSR count). The van der Waals surface area contributed by atoms with E-state index in [-0.39, 0.29) is 11.1 Å². The lowest BCUT2D eigenvalue weighted by Gasteiger charge is -2.34. The van der Waals surface area contributed by atoms with Crippen molar-refractivity contribution in [2.45, 2.75) is 38.6 Å². The maximum absolute atomic E-state index is 12.9. The van der Waals surface area contributed by atoms with Crippen LogP contribution >= 0.6 is 11.6 Å². The van der Waals surface area contributed by atoms with Crippen molar-refractivity contribution >= 4 is 23.3 Å². The van der Waals surface area contributed by atoms with Crippen LogP contribution in [0.1, 0.15) is 32.6 Å². The van der Waals surface area contributed by atoms with Crippen molar-refractivity contribution in [2.75, 3.05) is 13.6 Å². The predicted octanol–water partition coefficient (Wildman–Crippen LogP) is 2.80. The normalized spacial score (nSPS) is 30.1. The van der Waals surface area contributed by atoms with Crippen LogP contribution in [-0.2, 0) is 4.79 Å². The fourth-order valence-corrected chi connectivity index (χ4v) is 3.46. The van der Waals surface area contributed by atoms with Crippen molar-refractivity contribution in [3.8, 4) is 0 Å². The van der Waals surface area contributed by atoms with Gasteiger partial charge in [0.2, 0.25) is 5.91 Å². The summed E-state index contributed by atoms with van der Waals surface area (Å²) >= 11 is 5.95. The summed E-state index contributed by atoms with van der Waals surface area (Å²) in [6.07, 6.45) is 7.60. The zero-order valence-corrected chi connectivity index (χ0v) is 14.6. The Labute approximate surface area is 143 Å². The Bertz CT molecular complexity index is 577. The first-order valence-electron chi connectivity index (χ1n) is 7.88. The number of carbonyl (C=O) groups is 1. The van der Waals surface area contributed by atoms with Gasteiger partial charge in [-0.2, -0.15) is 0 Å². The minimum Gasteiger partial charge on any atom is -0.403 e. The zero-order valence-electron chi connectivity index (χ0n) is 13.9. The smallest absolute Gasteiger partial charge is 0.238 e. The monoisotopic (exact) mass is 336 g/mol. The van der Waals surface area contributed by atoms with Crippen molar-refractivity contribution < 1.29 is 4.79 Å². The van der Waals surface area contributed by atoms with E-state index in [0.29, 0.717) is 24.1 Å². The molecule has 5 nitrogen and oxygen atoms in total. The Kier molecular flexibility index (Phi) is 5.19. The van der Waals surface area contributed by atoms with Gasteiger partial charge in [0.25, 0.3) is 0 Å². The summed E-state index contributed by atoms with van der Waals surface area (Å²) in [4.78, 5) is 21.0. The molecule has 2 fully saturated rings. The molecule has 0 aromatic heterocycles. The van der Waals surface area contributed by atoms with E-state index in [0.717, 1.165) is 12.8 Å². The van der Waals surface area contributed by atoms with Crippen LogP contribution in [0.5, 0.6) is 0 Å². The van der Waals surface area contributed by atoms with Crippen LogP contribution in [0.25, 0.3) is 0 Å². The first-order chi connectivity index (χ1) is 10.8. The van der Waals surface area contributed by atoms with Gasteiger partial charge in [0.1, 0.15) is 10.9 Å². The highest BCUT2D eigenvalue weighted by molar-refractivity contribution is 6.30. The second-order valence-electron chi connectivity index (χ2n) is 6.42. The van der Waals surface area contributed by atoms with E-state index in [1.54, 1.807) is 13.1 Å². The van der Waals surface area contributed by atoms with Crippen molar-refractivity contribution in [2.24, 2.45) is 16.1 Å². The van der Waals surface area contributed by atoms with Gasteiger partial charge in [0.15, 0.2) is 5.84 Å². The Morgan fingerprint density at radius 3 is 2.57 bits per heavy atom. The number of aliphatic imine (C=N–C) groups is 1. The predicted molar refractivity (Wildman–Crippen MR) is 94.7 cm³/mol. The quantitative estimate of drug-likeness (QED) is 0.636. The molecule has 0 aromatic rings. The van der Waals surface area contributed by atoms with Gasteiger partial charge in [0, 0.05) is 25.8 Å². The molecule has 2 N–H and O–H groups in total. The molecule has 6 heteroatoms. The van der Waals surface area contributed by atoms with Crippen molar-refractivity contribution in [3.05, 3.63) is 36.3 Å². The van der Waals surface area contributed by atoms with E-state index in [4.69, 9.17) is 17.3 Å². The van der Waals surface area contributed by atoms with Crippen LogP contribution in [0.15, 0.2) is 41.3 Å². The van der Waals surface area contributed by atoms with Gasteiger partial charge in [-0.1, -0.05) is 37.1 Å². The van der Waals surface area contributed by atoms with Crippen molar-refractivity contribution in [1.82, 2.24) is 9.80 Å². The second kappa shape index (κ2) is 6.79. The third-order valence-corrected chi connectivity index (χ3v) is 4.84. The number of carbonyl (C=O) groups excluding carboxylic acids is 1. The molecule has 1 atom stereocenters. The van der Waals surface area contributed by atoms with E-state index in [9.17, 15) is 4.79 Å². The summed E-state index contributed by atoms with van der Waals surface area (Å²) in [6, 6.07) is 0.318. The first-order valence-corrected chi connectivity index (χ1v) is 8.25. The largest absolute Gasteiger partial charge is 0.403 e. The summed E-state index contributed by atoms with van der Waals surface area (Å²) in [7, 11) is 1.70. The molecule has 23 heavy (non-hydrogen) atoms. The summed E-state index contributed by atoms with van der Waals surface area (Å²) in [5.41, 5.74) is 5.66. The molecule has 2 aliphatic rings. The number of hydrogen-bond acceptors (Lipinski definition) is 3. The number of amidine groups is 1. The SMILES string of the molecule is C=CC1(C)CN(C2CCCC2)C(=N/C(=C)Cl)/C(=C\N)N(C)C1=O. The number of nitrogens with two attached hydrogens (primary N) is 1. The fraction of sp³-hybridized carbons (Fsp3) is 0.529. The summed E-state index contributed by atoms with van der Waals surface area (Å²) in [5.74, 6) is 0.554. The Morgan fingerprint density at radius 2 is 2.09 bits per heavy atom. The Morgan fingerprint density at radius 1 is 1.48 bits per heavy atom. The molecule has 1 saturated heterocycles. The third-order valence-electron chi connectivity index (χ3n) is 4.76. The van der Waals surface area contributed by atoms with Crippen LogP contribution in [-0.4, -0.2) is 41.2 Å². The van der Waals surface area contributed by atoms with E-state index in [2.05, 4.69) is 23.1 Å². The molecule has 1 aliphatic carbocycles. The minimum atomic E-state index is -0.712. The minimum absolute atomic E-state index is 0.0578. The second-order valence-corrected chi connectivity index (χ2v) is 6.85. The lowest BCUT2D eigenvalue weighted by Crippen LogP contribution is -2.45. The molecule has 126 valence electrons. The number of nitrogens with zero attached hydrogens (tertiary/aromatic N) is 3. The molecular weight excluding hydrogens is 312 g/mol. The molecule has 0 spiro atoms. The van der Waals surface area contributed by atoms with E-state index in [1.807, 2.05) is 6.92 Å². The van der Waals surface area contributed by atoms with Crippen molar-refractivity contribution in [3.63, 3.8) is 0 Å². The van der Waals surface area contributed by atoms with E-state index >= 15 is 0 Å². The van der Waals surface area contributed by atoms with Crippen LogP contribution < -0.4 is 5.73 Å².